The van der Waals surface area contributed by atoms with E-state index in [4.69, 9.17) is 4.74 Å². The molecule has 0 spiro atoms. The summed E-state index contributed by atoms with van der Waals surface area (Å²) in [7, 11) is 1.84. The SMILES string of the molecule is Cn1cnc(-c2cc(Oc3ccc(NC(=O)C4C=[N+](CCO)C(=O)N(c5ccc(F)cc5)C4=O)cc3F)c3ccnn3c2)c1. The molecule has 3 aromatic heterocycles. The van der Waals surface area contributed by atoms with Crippen molar-refractivity contribution in [1.82, 2.24) is 19.2 Å². The third kappa shape index (κ3) is 5.41. The summed E-state index contributed by atoms with van der Waals surface area (Å²) >= 11 is 0. The number of benzene rings is 2. The number of β-amino-alcohol motifs (C(OH)–C–C–N with tert-alkyl or cyclic N) is 1. The molecule has 2 aromatic carbocycles. The van der Waals surface area contributed by atoms with Gasteiger partial charge in [-0.3, -0.25) is 4.79 Å². The number of urea groups is 1. The summed E-state index contributed by atoms with van der Waals surface area (Å²) in [6.45, 7) is -0.634. The highest BCUT2D eigenvalue weighted by molar-refractivity contribution is 6.28. The number of nitrogens with zero attached hydrogens (tertiary/aromatic N) is 6. The topological polar surface area (TPSA) is 134 Å². The van der Waals surface area contributed by atoms with Crippen molar-refractivity contribution in [2.75, 3.05) is 23.4 Å². The van der Waals surface area contributed by atoms with E-state index in [0.29, 0.717) is 22.5 Å². The number of carbonyl (C=O) groups is 3. The Kier molecular flexibility index (Phi) is 7.41. The molecule has 2 N–H and O–H groups in total. The van der Waals surface area contributed by atoms with E-state index < -0.39 is 42.0 Å². The Morgan fingerprint density at radius 1 is 1.07 bits per heavy atom. The summed E-state index contributed by atoms with van der Waals surface area (Å²) in [5, 5.41) is 16.2. The number of fused-ring (bicyclic) bond motifs is 1. The number of ether oxygens (including phenoxy) is 1. The first kappa shape index (κ1) is 28.4. The predicted octanol–water partition coefficient (Wildman–Crippen LogP) is 3.60. The van der Waals surface area contributed by atoms with Gasteiger partial charge in [0.1, 0.15) is 23.6 Å². The van der Waals surface area contributed by atoms with Crippen molar-refractivity contribution in [2.45, 2.75) is 0 Å². The number of nitrogens with one attached hydrogen (secondary N) is 1. The van der Waals surface area contributed by atoms with E-state index in [1.54, 1.807) is 39.9 Å². The predicted molar refractivity (Wildman–Crippen MR) is 154 cm³/mol. The summed E-state index contributed by atoms with van der Waals surface area (Å²) in [5.41, 5.74) is 2.01. The maximum atomic E-state index is 15.3. The molecule has 1 aliphatic heterocycles. The van der Waals surface area contributed by atoms with E-state index in [-0.39, 0.29) is 23.7 Å². The molecule has 44 heavy (non-hydrogen) atoms. The van der Waals surface area contributed by atoms with E-state index in [2.05, 4.69) is 15.4 Å². The lowest BCUT2D eigenvalue weighted by molar-refractivity contribution is -0.427. The molecular weight excluding hydrogens is 576 g/mol. The first-order chi connectivity index (χ1) is 21.2. The van der Waals surface area contributed by atoms with Crippen LogP contribution in [0.15, 0.2) is 79.5 Å². The number of hydrogen-bond acceptors (Lipinski definition) is 7. The zero-order valence-corrected chi connectivity index (χ0v) is 23.1. The van der Waals surface area contributed by atoms with E-state index in [9.17, 15) is 23.9 Å². The lowest BCUT2D eigenvalue weighted by atomic mass is 10.1. The standard InChI is InChI=1S/C30H23F2N7O5/c1-36-16-24(33-17-36)18-12-27(25-8-9-34-38(25)14-18)44-26-7-4-20(13-23(26)32)35-28(41)22-15-37(10-11-40)30(43)39(29(22)42)21-5-2-19(31)3-6-21/h2-9,12-17,22,40H,10-11H2,1H3/p+1. The Morgan fingerprint density at radius 3 is 2.57 bits per heavy atom. The molecule has 6 rings (SSSR count). The molecule has 1 unspecified atom stereocenters. The molecule has 12 nitrogen and oxygen atoms in total. The minimum Gasteiger partial charge on any atom is -0.452 e. The van der Waals surface area contributed by atoms with Gasteiger partial charge in [-0.2, -0.15) is 14.5 Å². The second-order valence-electron chi connectivity index (χ2n) is 9.89. The molecule has 0 radical (unpaired) electrons. The number of aromatic nitrogens is 4. The molecule has 5 aromatic rings. The van der Waals surface area contributed by atoms with Crippen LogP contribution in [0.2, 0.25) is 0 Å². The first-order valence-corrected chi connectivity index (χ1v) is 13.3. The number of aliphatic hydroxyl groups excluding tert-OH is 1. The van der Waals surface area contributed by atoms with Crippen LogP contribution in [0.5, 0.6) is 11.5 Å². The third-order valence-electron chi connectivity index (χ3n) is 6.85. The Morgan fingerprint density at radius 2 is 1.86 bits per heavy atom. The monoisotopic (exact) mass is 600 g/mol. The molecule has 4 heterocycles. The van der Waals surface area contributed by atoms with Crippen LogP contribution in [-0.4, -0.2) is 66.1 Å². The maximum absolute atomic E-state index is 15.3. The van der Waals surface area contributed by atoms with Crippen molar-refractivity contribution in [3.63, 3.8) is 0 Å². The van der Waals surface area contributed by atoms with Gasteiger partial charge >= 0.3 is 11.9 Å². The van der Waals surface area contributed by atoms with Gasteiger partial charge in [-0.05, 0) is 48.5 Å². The van der Waals surface area contributed by atoms with Crippen LogP contribution in [-0.2, 0) is 16.6 Å². The van der Waals surface area contributed by atoms with Crippen molar-refractivity contribution in [1.29, 1.82) is 0 Å². The molecule has 4 amide bonds. The number of imide groups is 1. The van der Waals surface area contributed by atoms with Gasteiger partial charge in [-0.15, -0.1) is 4.90 Å². The van der Waals surface area contributed by atoms with Gasteiger partial charge in [-0.1, -0.05) is 0 Å². The van der Waals surface area contributed by atoms with E-state index in [1.807, 2.05) is 13.2 Å². The van der Waals surface area contributed by atoms with Gasteiger partial charge in [0.2, 0.25) is 5.91 Å². The first-order valence-electron chi connectivity index (χ1n) is 13.3. The van der Waals surface area contributed by atoms with Crippen LogP contribution >= 0.6 is 0 Å². The largest absolute Gasteiger partial charge is 0.505 e. The zero-order valence-electron chi connectivity index (χ0n) is 23.1. The van der Waals surface area contributed by atoms with Gasteiger partial charge in [-0.25, -0.2) is 23.1 Å². The Labute approximate surface area is 248 Å². The Balaban J connectivity index is 1.24. The summed E-state index contributed by atoms with van der Waals surface area (Å²) < 4.78 is 39.1. The number of pyridine rings is 1. The maximum Gasteiger partial charge on any atom is 0.505 e. The Hall–Kier alpha value is -5.76. The minimum absolute atomic E-state index is 0.0247. The number of anilines is 2. The van der Waals surface area contributed by atoms with Gasteiger partial charge in [0, 0.05) is 36.8 Å². The van der Waals surface area contributed by atoms with Crippen LogP contribution in [0.4, 0.5) is 25.0 Å². The lowest BCUT2D eigenvalue weighted by Gasteiger charge is -2.23. The van der Waals surface area contributed by atoms with E-state index >= 15 is 4.39 Å². The van der Waals surface area contributed by atoms with Gasteiger partial charge < -0.3 is 19.7 Å². The molecule has 0 saturated carbocycles. The molecule has 0 aliphatic carbocycles. The molecule has 14 heteroatoms. The average Bonchev–Trinajstić information content (AvgIpc) is 3.66. The molecule has 0 saturated heterocycles. The van der Waals surface area contributed by atoms with Crippen LogP contribution in [0.3, 0.4) is 0 Å². The molecule has 1 aliphatic rings. The summed E-state index contributed by atoms with van der Waals surface area (Å²) in [6, 6.07) is 10.9. The fourth-order valence-corrected chi connectivity index (χ4v) is 4.73. The van der Waals surface area contributed by atoms with Crippen LogP contribution < -0.4 is 15.0 Å². The fraction of sp³-hybridized carbons (Fsp3) is 0.133. The van der Waals surface area contributed by atoms with E-state index in [1.165, 1.54) is 24.3 Å². The van der Waals surface area contributed by atoms with Crippen LogP contribution in [0.1, 0.15) is 0 Å². The summed E-state index contributed by atoms with van der Waals surface area (Å²) in [4.78, 5) is 44.5. The summed E-state index contributed by atoms with van der Waals surface area (Å²) in [5.74, 6) is -4.45. The number of rotatable bonds is 8. The molecular formula is C30H24F2N7O5+. The number of aliphatic hydroxyl groups is 1. The third-order valence-corrected chi connectivity index (χ3v) is 6.85. The molecule has 0 bridgehead atoms. The van der Waals surface area contributed by atoms with Crippen molar-refractivity contribution < 1.29 is 37.6 Å². The van der Waals surface area contributed by atoms with Crippen LogP contribution in [0, 0.1) is 17.6 Å². The number of halogens is 2. The van der Waals surface area contributed by atoms with Crippen molar-refractivity contribution >= 4 is 41.0 Å². The average molecular weight is 601 g/mol. The molecule has 1 atom stereocenters. The fourth-order valence-electron chi connectivity index (χ4n) is 4.73. The highest BCUT2D eigenvalue weighted by Crippen LogP contribution is 2.33. The summed E-state index contributed by atoms with van der Waals surface area (Å²) in [6.07, 6.45) is 7.91. The lowest BCUT2D eigenvalue weighted by Crippen LogP contribution is -2.55. The second-order valence-corrected chi connectivity index (χ2v) is 9.89. The van der Waals surface area contributed by atoms with Crippen LogP contribution in [0.25, 0.3) is 16.8 Å². The van der Waals surface area contributed by atoms with E-state index in [0.717, 1.165) is 33.9 Å². The normalized spacial score (nSPS) is 15.0. The van der Waals surface area contributed by atoms with Crippen molar-refractivity contribution in [3.05, 3.63) is 91.1 Å². The Bertz CT molecular complexity index is 1950. The quantitative estimate of drug-likeness (QED) is 0.205. The van der Waals surface area contributed by atoms with Gasteiger partial charge in [0.15, 0.2) is 23.2 Å². The number of amides is 4. The van der Waals surface area contributed by atoms with Gasteiger partial charge in [0.05, 0.1) is 31.0 Å². The van der Waals surface area contributed by atoms with Gasteiger partial charge in [0.25, 0.3) is 0 Å². The number of aryl methyl sites for hydroxylation is 1. The number of carbonyl (C=O) groups excluding carboxylic acids is 3. The van der Waals surface area contributed by atoms with Crippen molar-refractivity contribution in [3.8, 4) is 22.8 Å². The zero-order chi connectivity index (χ0) is 31.0. The smallest absolute Gasteiger partial charge is 0.452 e. The highest BCUT2D eigenvalue weighted by Gasteiger charge is 2.47. The number of imidazole rings is 1. The minimum atomic E-state index is -1.51. The van der Waals surface area contributed by atoms with Crippen molar-refractivity contribution in [2.24, 2.45) is 13.0 Å². The molecule has 0 fully saturated rings. The number of hydrogen-bond donors (Lipinski definition) is 2. The highest BCUT2D eigenvalue weighted by atomic mass is 19.1. The molecule has 222 valence electrons. The second kappa shape index (κ2) is 11.5.